The number of aromatic nitrogens is 2. The molecule has 0 bridgehead atoms. The van der Waals surface area contributed by atoms with Crippen molar-refractivity contribution in [2.45, 2.75) is 29.8 Å². The Morgan fingerprint density at radius 2 is 1.97 bits per heavy atom. The van der Waals surface area contributed by atoms with Crippen molar-refractivity contribution in [3.05, 3.63) is 101 Å². The summed E-state index contributed by atoms with van der Waals surface area (Å²) in [6.07, 6.45) is 3.99. The lowest BCUT2D eigenvalue weighted by atomic mass is 10.1. The topological polar surface area (TPSA) is 93.1 Å². The van der Waals surface area contributed by atoms with Crippen molar-refractivity contribution in [2.75, 3.05) is 11.4 Å². The fourth-order valence-electron chi connectivity index (χ4n) is 4.42. The molecule has 2 aromatic heterocycles. The van der Waals surface area contributed by atoms with E-state index >= 15 is 0 Å². The number of nitrogens with one attached hydrogen (secondary N) is 1. The van der Waals surface area contributed by atoms with Gasteiger partial charge >= 0.3 is 0 Å². The number of aromatic amines is 1. The number of halogens is 1. The molecule has 35 heavy (non-hydrogen) atoms. The highest BCUT2D eigenvalue weighted by molar-refractivity contribution is 7.91. The molecule has 0 amide bonds. The van der Waals surface area contributed by atoms with E-state index in [0.717, 1.165) is 22.5 Å². The Balaban J connectivity index is 0.00000289. The Morgan fingerprint density at radius 1 is 1.14 bits per heavy atom. The third-order valence-electron chi connectivity index (χ3n) is 6.00. The predicted octanol–water partition coefficient (Wildman–Crippen LogP) is 4.59. The number of hydrogen-bond acceptors (Lipinski definition) is 6. The molecule has 180 valence electrons. The molecule has 10 heteroatoms. The maximum Gasteiger partial charge on any atom is 0.253 e. The molecule has 1 atom stereocenters. The average molecular weight is 526 g/mol. The van der Waals surface area contributed by atoms with Crippen molar-refractivity contribution in [1.82, 2.24) is 14.3 Å². The number of rotatable bonds is 6. The number of thiophene rings is 1. The lowest BCUT2D eigenvalue weighted by Gasteiger charge is -2.31. The normalized spacial score (nSPS) is 16.1. The standard InChI is InChI=1S/C25H23N5O2S2.ClH/c26-13-20-8-9-24-21(11-20)15-30(34(31,32)25-7-4-10-33-25)23(12-19-5-2-1-3-6-19)17-29(24)16-22-14-27-18-28-22;/h1-11,14,18,23H,12,15-17H2,(H,27,28);1H/t23-;/m1./s1. The molecule has 2 aromatic carbocycles. The maximum atomic E-state index is 13.8. The number of fused-ring (bicyclic) bond motifs is 1. The van der Waals surface area contributed by atoms with Crippen molar-refractivity contribution >= 4 is 39.5 Å². The van der Waals surface area contributed by atoms with E-state index in [0.29, 0.717) is 29.3 Å². The summed E-state index contributed by atoms with van der Waals surface area (Å²) in [5.74, 6) is 0. The Bertz CT molecular complexity index is 1400. The molecule has 0 spiro atoms. The minimum atomic E-state index is -3.74. The summed E-state index contributed by atoms with van der Waals surface area (Å²) in [6.45, 7) is 1.25. The SMILES string of the molecule is Cl.N#Cc1ccc2c(c1)CN(S(=O)(=O)c1cccs1)[C@H](Cc1ccccc1)CN2Cc1cnc[nH]1. The molecule has 7 nitrogen and oxygen atoms in total. The van der Waals surface area contributed by atoms with Crippen molar-refractivity contribution in [2.24, 2.45) is 0 Å². The van der Waals surface area contributed by atoms with Crippen molar-refractivity contribution in [1.29, 1.82) is 5.26 Å². The second-order valence-electron chi connectivity index (χ2n) is 8.24. The number of nitriles is 1. The van der Waals surface area contributed by atoms with E-state index < -0.39 is 10.0 Å². The highest BCUT2D eigenvalue weighted by Crippen LogP contribution is 2.34. The quantitative estimate of drug-likeness (QED) is 0.397. The molecule has 0 aliphatic carbocycles. The van der Waals surface area contributed by atoms with E-state index in [1.807, 2.05) is 36.4 Å². The summed E-state index contributed by atoms with van der Waals surface area (Å²) in [7, 11) is -3.74. The van der Waals surface area contributed by atoms with Crippen LogP contribution >= 0.6 is 23.7 Å². The number of imidazole rings is 1. The Hall–Kier alpha value is -3.16. The summed E-state index contributed by atoms with van der Waals surface area (Å²) in [6, 6.07) is 20.8. The third-order valence-corrected chi connectivity index (χ3v) is 9.27. The second kappa shape index (κ2) is 10.6. The van der Waals surface area contributed by atoms with Gasteiger partial charge in [0.05, 0.1) is 30.2 Å². The largest absolute Gasteiger partial charge is 0.364 e. The second-order valence-corrected chi connectivity index (χ2v) is 11.3. The Morgan fingerprint density at radius 3 is 2.66 bits per heavy atom. The van der Waals surface area contributed by atoms with Crippen LogP contribution in [0.1, 0.15) is 22.4 Å². The van der Waals surface area contributed by atoms with E-state index in [2.05, 4.69) is 20.9 Å². The molecular weight excluding hydrogens is 502 g/mol. The van der Waals surface area contributed by atoms with Crippen LogP contribution in [0.2, 0.25) is 0 Å². The summed E-state index contributed by atoms with van der Waals surface area (Å²) in [5, 5.41) is 11.3. The lowest BCUT2D eigenvalue weighted by Crippen LogP contribution is -2.45. The van der Waals surface area contributed by atoms with Crippen molar-refractivity contribution in [3.8, 4) is 6.07 Å². The summed E-state index contributed by atoms with van der Waals surface area (Å²) in [5.41, 5.74) is 4.26. The summed E-state index contributed by atoms with van der Waals surface area (Å²) >= 11 is 1.22. The number of hydrogen-bond donors (Lipinski definition) is 1. The number of H-pyrrole nitrogens is 1. The number of nitrogens with zero attached hydrogens (tertiary/aromatic N) is 4. The molecule has 0 saturated heterocycles. The number of anilines is 1. The highest BCUT2D eigenvalue weighted by atomic mass is 35.5. The van der Waals surface area contributed by atoms with E-state index in [1.54, 1.807) is 46.5 Å². The Kier molecular flexibility index (Phi) is 7.57. The average Bonchev–Trinajstić information content (AvgIpc) is 3.55. The van der Waals surface area contributed by atoms with Gasteiger partial charge in [-0.1, -0.05) is 36.4 Å². The zero-order valence-electron chi connectivity index (χ0n) is 18.7. The molecule has 3 heterocycles. The molecule has 1 aliphatic heterocycles. The lowest BCUT2D eigenvalue weighted by molar-refractivity contribution is 0.318. The van der Waals surface area contributed by atoms with Crippen LogP contribution in [-0.2, 0) is 29.5 Å². The number of sulfonamides is 1. The van der Waals surface area contributed by atoms with Crippen LogP contribution in [0, 0.1) is 11.3 Å². The van der Waals surface area contributed by atoms with Gasteiger partial charge in [-0.15, -0.1) is 23.7 Å². The minimum Gasteiger partial charge on any atom is -0.364 e. The summed E-state index contributed by atoms with van der Waals surface area (Å²) < 4.78 is 29.6. The molecule has 0 unspecified atom stereocenters. The van der Waals surface area contributed by atoms with Crippen LogP contribution in [-0.4, -0.2) is 35.3 Å². The van der Waals surface area contributed by atoms with Gasteiger partial charge in [-0.2, -0.15) is 9.57 Å². The van der Waals surface area contributed by atoms with Gasteiger partial charge in [-0.05, 0) is 47.2 Å². The van der Waals surface area contributed by atoms with Crippen LogP contribution in [0.25, 0.3) is 0 Å². The molecular formula is C25H24ClN5O2S2. The van der Waals surface area contributed by atoms with Gasteiger partial charge < -0.3 is 9.88 Å². The predicted molar refractivity (Wildman–Crippen MR) is 139 cm³/mol. The van der Waals surface area contributed by atoms with Gasteiger partial charge in [0.25, 0.3) is 10.0 Å². The van der Waals surface area contributed by atoms with Gasteiger partial charge in [-0.25, -0.2) is 13.4 Å². The van der Waals surface area contributed by atoms with Gasteiger partial charge in [0.1, 0.15) is 4.21 Å². The van der Waals surface area contributed by atoms with Crippen LogP contribution in [0.3, 0.4) is 0 Å². The van der Waals surface area contributed by atoms with Gasteiger partial charge in [0, 0.05) is 31.0 Å². The molecule has 0 fully saturated rings. The smallest absolute Gasteiger partial charge is 0.253 e. The third kappa shape index (κ3) is 5.26. The molecule has 1 N–H and O–H groups in total. The van der Waals surface area contributed by atoms with Crippen LogP contribution in [0.5, 0.6) is 0 Å². The number of benzene rings is 2. The van der Waals surface area contributed by atoms with Crippen molar-refractivity contribution in [3.63, 3.8) is 0 Å². The molecule has 4 aromatic rings. The van der Waals surface area contributed by atoms with E-state index in [1.165, 1.54) is 11.3 Å². The zero-order chi connectivity index (χ0) is 23.5. The van der Waals surface area contributed by atoms with Crippen LogP contribution in [0.15, 0.2) is 82.8 Å². The van der Waals surface area contributed by atoms with E-state index in [-0.39, 0.29) is 25.0 Å². The highest BCUT2D eigenvalue weighted by Gasteiger charge is 2.37. The van der Waals surface area contributed by atoms with Crippen LogP contribution in [0.4, 0.5) is 5.69 Å². The maximum absolute atomic E-state index is 13.8. The first-order valence-electron chi connectivity index (χ1n) is 10.9. The van der Waals surface area contributed by atoms with Gasteiger partial charge in [-0.3, -0.25) is 0 Å². The fourth-order valence-corrected chi connectivity index (χ4v) is 7.13. The summed E-state index contributed by atoms with van der Waals surface area (Å²) in [4.78, 5) is 9.47. The fraction of sp³-hybridized carbons (Fsp3) is 0.200. The van der Waals surface area contributed by atoms with Gasteiger partial charge in [0.2, 0.25) is 0 Å². The molecule has 5 rings (SSSR count). The first-order valence-corrected chi connectivity index (χ1v) is 13.2. The van der Waals surface area contributed by atoms with Crippen LogP contribution < -0.4 is 4.90 Å². The molecule has 0 saturated carbocycles. The minimum absolute atomic E-state index is 0. The molecule has 0 radical (unpaired) electrons. The first kappa shape index (κ1) is 24.9. The van der Waals surface area contributed by atoms with E-state index in [9.17, 15) is 13.7 Å². The first-order chi connectivity index (χ1) is 16.5. The Labute approximate surface area is 215 Å². The van der Waals surface area contributed by atoms with Crippen molar-refractivity contribution < 1.29 is 8.42 Å². The molecule has 1 aliphatic rings. The monoisotopic (exact) mass is 525 g/mol. The van der Waals surface area contributed by atoms with Gasteiger partial charge in [0.15, 0.2) is 0 Å². The zero-order valence-corrected chi connectivity index (χ0v) is 21.2. The van der Waals surface area contributed by atoms with E-state index in [4.69, 9.17) is 0 Å².